The quantitative estimate of drug-likeness (QED) is 0.285. The van der Waals surface area contributed by atoms with Crippen LogP contribution >= 0.6 is 0 Å². The van der Waals surface area contributed by atoms with E-state index >= 15 is 0 Å². The first-order chi connectivity index (χ1) is 16.8. The van der Waals surface area contributed by atoms with Crippen LogP contribution in [0.4, 0.5) is 0 Å². The van der Waals surface area contributed by atoms with E-state index in [-0.39, 0.29) is 0 Å². The van der Waals surface area contributed by atoms with Gasteiger partial charge in [0, 0.05) is 41.3 Å². The van der Waals surface area contributed by atoms with Gasteiger partial charge in [-0.25, -0.2) is 4.98 Å². The minimum absolute atomic E-state index is 0.961. The molecule has 0 saturated carbocycles. The number of rotatable bonds is 4. The van der Waals surface area contributed by atoms with Gasteiger partial charge < -0.3 is 0 Å². The summed E-state index contributed by atoms with van der Waals surface area (Å²) >= 11 is 0. The predicted molar refractivity (Wildman–Crippen MR) is 139 cm³/mol. The van der Waals surface area contributed by atoms with Crippen LogP contribution in [0.2, 0.25) is 0 Å². The zero-order chi connectivity index (χ0) is 22.7. The van der Waals surface area contributed by atoms with E-state index in [0.717, 1.165) is 50.2 Å². The van der Waals surface area contributed by atoms with Crippen molar-refractivity contribution in [3.63, 3.8) is 0 Å². The Hall–Kier alpha value is -4.63. The van der Waals surface area contributed by atoms with E-state index in [1.54, 1.807) is 12.4 Å². The van der Waals surface area contributed by atoms with Crippen molar-refractivity contribution in [2.45, 2.75) is 0 Å². The highest BCUT2D eigenvalue weighted by molar-refractivity contribution is 5.97. The molecule has 0 atom stereocenters. The number of benzene rings is 3. The second-order valence-electron chi connectivity index (χ2n) is 8.22. The molecular formula is C31H21N3. The standard InChI is InChI=1S/C31H21N3/c1-2-8-29-26(5-1)19-30(24-13-9-22(10-14-24)27-6-3-17-32-20-27)34-31(29)25-15-11-23(12-16-25)28-7-4-18-33-21-28/h1-21H. The summed E-state index contributed by atoms with van der Waals surface area (Å²) in [7, 11) is 0. The smallest absolute Gasteiger partial charge is 0.0787 e. The van der Waals surface area contributed by atoms with Gasteiger partial charge in [-0.2, -0.15) is 0 Å². The SMILES string of the molecule is c1cncc(-c2ccc(-c3cc4ccccc4c(-c4ccc(-c5cccnc5)cc4)n3)cc2)c1. The highest BCUT2D eigenvalue weighted by Gasteiger charge is 2.11. The summed E-state index contributed by atoms with van der Waals surface area (Å²) in [5.41, 5.74) is 8.63. The summed E-state index contributed by atoms with van der Waals surface area (Å²) in [5.74, 6) is 0. The lowest BCUT2D eigenvalue weighted by atomic mass is 9.98. The molecule has 0 radical (unpaired) electrons. The van der Waals surface area contributed by atoms with Gasteiger partial charge in [0.2, 0.25) is 0 Å². The summed E-state index contributed by atoms with van der Waals surface area (Å²) in [6.45, 7) is 0. The molecule has 0 bridgehead atoms. The van der Waals surface area contributed by atoms with Crippen molar-refractivity contribution < 1.29 is 0 Å². The maximum absolute atomic E-state index is 5.12. The lowest BCUT2D eigenvalue weighted by Crippen LogP contribution is -1.91. The Labute approximate surface area is 198 Å². The molecule has 0 N–H and O–H groups in total. The van der Waals surface area contributed by atoms with Crippen molar-refractivity contribution in [1.82, 2.24) is 15.0 Å². The Morgan fingerprint density at radius 2 is 1.00 bits per heavy atom. The molecule has 3 heterocycles. The number of aromatic nitrogens is 3. The van der Waals surface area contributed by atoms with Gasteiger partial charge in [-0.1, -0.05) is 84.9 Å². The van der Waals surface area contributed by atoms with Gasteiger partial charge in [0.05, 0.1) is 11.4 Å². The molecule has 34 heavy (non-hydrogen) atoms. The van der Waals surface area contributed by atoms with Crippen LogP contribution in [-0.4, -0.2) is 15.0 Å². The van der Waals surface area contributed by atoms with Crippen LogP contribution in [0.5, 0.6) is 0 Å². The van der Waals surface area contributed by atoms with Crippen molar-refractivity contribution >= 4 is 10.8 Å². The minimum Gasteiger partial charge on any atom is -0.264 e. The molecule has 0 aliphatic carbocycles. The third kappa shape index (κ3) is 3.84. The Morgan fingerprint density at radius 3 is 1.59 bits per heavy atom. The second-order valence-corrected chi connectivity index (χ2v) is 8.22. The number of pyridine rings is 3. The summed E-state index contributed by atoms with van der Waals surface area (Å²) in [6, 6.07) is 35.8. The maximum atomic E-state index is 5.12. The fourth-order valence-electron chi connectivity index (χ4n) is 4.29. The molecular weight excluding hydrogens is 414 g/mol. The third-order valence-corrected chi connectivity index (χ3v) is 6.07. The second kappa shape index (κ2) is 8.72. The van der Waals surface area contributed by atoms with Crippen molar-refractivity contribution in [2.24, 2.45) is 0 Å². The van der Waals surface area contributed by atoms with Gasteiger partial charge in [-0.05, 0) is 45.8 Å². The van der Waals surface area contributed by atoms with E-state index in [2.05, 4.69) is 101 Å². The molecule has 0 spiro atoms. The van der Waals surface area contributed by atoms with Gasteiger partial charge in [0.1, 0.15) is 0 Å². The van der Waals surface area contributed by atoms with Gasteiger partial charge in [0.15, 0.2) is 0 Å². The van der Waals surface area contributed by atoms with Crippen LogP contribution < -0.4 is 0 Å². The molecule has 3 aromatic heterocycles. The van der Waals surface area contributed by atoms with Crippen molar-refractivity contribution in [3.05, 3.63) is 128 Å². The molecule has 6 rings (SSSR count). The Kier molecular flexibility index (Phi) is 5.13. The van der Waals surface area contributed by atoms with Crippen molar-refractivity contribution in [3.8, 4) is 44.8 Å². The predicted octanol–water partition coefficient (Wildman–Crippen LogP) is 7.69. The van der Waals surface area contributed by atoms with Crippen LogP contribution in [0, 0.1) is 0 Å². The normalized spacial score (nSPS) is 10.9. The monoisotopic (exact) mass is 435 g/mol. The van der Waals surface area contributed by atoms with Crippen LogP contribution in [0.25, 0.3) is 55.5 Å². The fourth-order valence-corrected chi connectivity index (χ4v) is 4.29. The molecule has 3 heteroatoms. The first kappa shape index (κ1) is 20.0. The highest BCUT2D eigenvalue weighted by Crippen LogP contribution is 2.33. The van der Waals surface area contributed by atoms with Gasteiger partial charge in [-0.15, -0.1) is 0 Å². The largest absolute Gasteiger partial charge is 0.264 e. The number of hydrogen-bond acceptors (Lipinski definition) is 3. The molecule has 0 saturated heterocycles. The number of nitrogens with zero attached hydrogens (tertiary/aromatic N) is 3. The Balaban J connectivity index is 1.42. The van der Waals surface area contributed by atoms with E-state index in [1.165, 1.54) is 5.39 Å². The molecule has 0 aliphatic heterocycles. The summed E-state index contributed by atoms with van der Waals surface area (Å²) in [5, 5.41) is 2.32. The molecule has 0 amide bonds. The molecule has 3 nitrogen and oxygen atoms in total. The first-order valence-electron chi connectivity index (χ1n) is 11.3. The summed E-state index contributed by atoms with van der Waals surface area (Å²) < 4.78 is 0. The lowest BCUT2D eigenvalue weighted by molar-refractivity contribution is 1.32. The van der Waals surface area contributed by atoms with Crippen molar-refractivity contribution in [1.29, 1.82) is 0 Å². The molecule has 0 aliphatic rings. The fraction of sp³-hybridized carbons (Fsp3) is 0. The lowest BCUT2D eigenvalue weighted by Gasteiger charge is -2.11. The summed E-state index contributed by atoms with van der Waals surface area (Å²) in [4.78, 5) is 13.6. The minimum atomic E-state index is 0.961. The highest BCUT2D eigenvalue weighted by atomic mass is 14.7. The van der Waals surface area contributed by atoms with E-state index in [0.29, 0.717) is 0 Å². The van der Waals surface area contributed by atoms with E-state index in [4.69, 9.17) is 4.98 Å². The van der Waals surface area contributed by atoms with Crippen LogP contribution in [0.3, 0.4) is 0 Å². The number of fused-ring (bicyclic) bond motifs is 1. The van der Waals surface area contributed by atoms with Gasteiger partial charge in [-0.3, -0.25) is 9.97 Å². The van der Waals surface area contributed by atoms with Crippen LogP contribution in [-0.2, 0) is 0 Å². The van der Waals surface area contributed by atoms with Crippen LogP contribution in [0.15, 0.2) is 128 Å². The Bertz CT molecular complexity index is 1560. The first-order valence-corrected chi connectivity index (χ1v) is 11.3. The molecule has 160 valence electrons. The average Bonchev–Trinajstić information content (AvgIpc) is 2.94. The third-order valence-electron chi connectivity index (χ3n) is 6.07. The van der Waals surface area contributed by atoms with E-state index in [9.17, 15) is 0 Å². The topological polar surface area (TPSA) is 38.7 Å². The zero-order valence-electron chi connectivity index (χ0n) is 18.5. The van der Waals surface area contributed by atoms with E-state index < -0.39 is 0 Å². The zero-order valence-corrected chi connectivity index (χ0v) is 18.5. The maximum Gasteiger partial charge on any atom is 0.0787 e. The van der Waals surface area contributed by atoms with E-state index in [1.807, 2.05) is 24.5 Å². The van der Waals surface area contributed by atoms with Crippen LogP contribution in [0.1, 0.15) is 0 Å². The average molecular weight is 436 g/mol. The Morgan fingerprint density at radius 1 is 0.441 bits per heavy atom. The van der Waals surface area contributed by atoms with Gasteiger partial charge >= 0.3 is 0 Å². The number of hydrogen-bond donors (Lipinski definition) is 0. The summed E-state index contributed by atoms with van der Waals surface area (Å²) in [6.07, 6.45) is 7.36. The molecule has 0 unspecified atom stereocenters. The van der Waals surface area contributed by atoms with Gasteiger partial charge in [0.25, 0.3) is 0 Å². The van der Waals surface area contributed by atoms with Crippen molar-refractivity contribution in [2.75, 3.05) is 0 Å². The molecule has 0 fully saturated rings. The molecule has 6 aromatic rings. The molecule has 3 aromatic carbocycles.